The molecular formula is C21H22N4O4. The van der Waals surface area contributed by atoms with Crippen molar-refractivity contribution in [3.63, 3.8) is 0 Å². The number of ether oxygens (including phenoxy) is 1. The number of nitrogens with one attached hydrogen (secondary N) is 1. The number of nitrogens with zero attached hydrogens (tertiary/aromatic N) is 3. The molecular weight excluding hydrogens is 372 g/mol. The molecule has 0 unspecified atom stereocenters. The highest BCUT2D eigenvalue weighted by molar-refractivity contribution is 6.04. The van der Waals surface area contributed by atoms with E-state index in [0.29, 0.717) is 41.0 Å². The highest BCUT2D eigenvalue weighted by atomic mass is 16.6. The summed E-state index contributed by atoms with van der Waals surface area (Å²) in [5.41, 5.74) is 1.75. The fourth-order valence-electron chi connectivity index (χ4n) is 2.68. The second kappa shape index (κ2) is 8.55. The zero-order valence-corrected chi connectivity index (χ0v) is 16.5. The van der Waals surface area contributed by atoms with E-state index >= 15 is 0 Å². The second-order valence-corrected chi connectivity index (χ2v) is 7.04. The third-order valence-corrected chi connectivity index (χ3v) is 4.06. The van der Waals surface area contributed by atoms with Gasteiger partial charge in [0.15, 0.2) is 0 Å². The molecule has 2 aromatic carbocycles. The Morgan fingerprint density at radius 3 is 2.59 bits per heavy atom. The molecule has 0 spiro atoms. The van der Waals surface area contributed by atoms with Gasteiger partial charge in [0.2, 0.25) is 0 Å². The van der Waals surface area contributed by atoms with Gasteiger partial charge in [-0.15, -0.1) is 0 Å². The number of carbonyl (C=O) groups is 1. The maximum absolute atomic E-state index is 12.7. The van der Waals surface area contributed by atoms with Gasteiger partial charge in [-0.3, -0.25) is 14.9 Å². The van der Waals surface area contributed by atoms with Crippen molar-refractivity contribution in [2.24, 2.45) is 5.92 Å². The Labute approximate surface area is 168 Å². The fourth-order valence-corrected chi connectivity index (χ4v) is 2.68. The molecule has 1 heterocycles. The average Bonchev–Trinajstić information content (AvgIpc) is 3.06. The Kier molecular flexibility index (Phi) is 5.92. The molecule has 8 nitrogen and oxygen atoms in total. The van der Waals surface area contributed by atoms with Crippen molar-refractivity contribution in [1.29, 1.82) is 0 Å². The summed E-state index contributed by atoms with van der Waals surface area (Å²) in [5, 5.41) is 18.1. The molecule has 8 heteroatoms. The number of hydrogen-bond acceptors (Lipinski definition) is 5. The molecule has 0 atom stereocenters. The quantitative estimate of drug-likeness (QED) is 0.474. The number of aromatic nitrogens is 2. The predicted octanol–water partition coefficient (Wildman–Crippen LogP) is 4.38. The van der Waals surface area contributed by atoms with Gasteiger partial charge in [0.25, 0.3) is 11.6 Å². The van der Waals surface area contributed by atoms with Crippen molar-refractivity contribution in [3.05, 3.63) is 76.0 Å². The lowest BCUT2D eigenvalue weighted by Crippen LogP contribution is -2.15. The number of carbonyl (C=O) groups excluding carboxylic acids is 1. The first-order valence-corrected chi connectivity index (χ1v) is 9.19. The monoisotopic (exact) mass is 394 g/mol. The molecule has 0 aliphatic carbocycles. The summed E-state index contributed by atoms with van der Waals surface area (Å²) in [6.07, 6.45) is 0. The summed E-state index contributed by atoms with van der Waals surface area (Å²) in [7, 11) is 0. The summed E-state index contributed by atoms with van der Waals surface area (Å²) in [5.74, 6) is 1.18. The predicted molar refractivity (Wildman–Crippen MR) is 110 cm³/mol. The first kappa shape index (κ1) is 20.1. The van der Waals surface area contributed by atoms with Crippen LogP contribution in [0, 0.1) is 23.0 Å². The minimum Gasteiger partial charge on any atom is -0.493 e. The molecule has 1 N–H and O–H groups in total. The molecule has 0 saturated carbocycles. The molecule has 150 valence electrons. The number of rotatable bonds is 7. The standard InChI is InChI=1S/C21H22N4O4/c1-14(2)13-29-19-6-4-5-16(12-19)21(26)22-20-11-15(3)23-24(20)17-7-9-18(10-8-17)25(27)28/h4-12,14H,13H2,1-3H3,(H,22,26). The van der Waals surface area contributed by atoms with Crippen LogP contribution in [0.3, 0.4) is 0 Å². The molecule has 0 aliphatic rings. The van der Waals surface area contributed by atoms with Gasteiger partial charge < -0.3 is 10.1 Å². The van der Waals surface area contributed by atoms with E-state index in [2.05, 4.69) is 24.3 Å². The largest absolute Gasteiger partial charge is 0.493 e. The van der Waals surface area contributed by atoms with E-state index in [-0.39, 0.29) is 11.6 Å². The normalized spacial score (nSPS) is 10.8. The zero-order valence-electron chi connectivity index (χ0n) is 16.5. The maximum Gasteiger partial charge on any atom is 0.269 e. The highest BCUT2D eigenvalue weighted by Crippen LogP contribution is 2.21. The molecule has 29 heavy (non-hydrogen) atoms. The first-order valence-electron chi connectivity index (χ1n) is 9.19. The molecule has 3 rings (SSSR count). The molecule has 3 aromatic rings. The molecule has 0 fully saturated rings. The number of amides is 1. The third kappa shape index (κ3) is 4.98. The Hall–Kier alpha value is -3.68. The summed E-state index contributed by atoms with van der Waals surface area (Å²) in [6, 6.07) is 14.7. The average molecular weight is 394 g/mol. The number of benzene rings is 2. The lowest BCUT2D eigenvalue weighted by molar-refractivity contribution is -0.384. The van der Waals surface area contributed by atoms with Gasteiger partial charge in [-0.1, -0.05) is 19.9 Å². The van der Waals surface area contributed by atoms with Crippen molar-refractivity contribution in [1.82, 2.24) is 9.78 Å². The summed E-state index contributed by atoms with van der Waals surface area (Å²) >= 11 is 0. The lowest BCUT2D eigenvalue weighted by atomic mass is 10.2. The molecule has 0 bridgehead atoms. The minimum absolute atomic E-state index is 0.0126. The van der Waals surface area contributed by atoms with Gasteiger partial charge in [0.05, 0.1) is 22.9 Å². The van der Waals surface area contributed by atoms with Crippen molar-refractivity contribution >= 4 is 17.4 Å². The number of nitro benzene ring substituents is 1. The zero-order chi connectivity index (χ0) is 21.0. The van der Waals surface area contributed by atoms with E-state index in [1.165, 1.54) is 16.8 Å². The van der Waals surface area contributed by atoms with Gasteiger partial charge in [-0.25, -0.2) is 4.68 Å². The van der Waals surface area contributed by atoms with Crippen molar-refractivity contribution in [2.45, 2.75) is 20.8 Å². The van der Waals surface area contributed by atoms with E-state index in [1.807, 2.05) is 6.07 Å². The minimum atomic E-state index is -0.463. The third-order valence-electron chi connectivity index (χ3n) is 4.06. The van der Waals surface area contributed by atoms with Crippen LogP contribution in [0.5, 0.6) is 5.75 Å². The lowest BCUT2D eigenvalue weighted by Gasteiger charge is -2.11. The van der Waals surface area contributed by atoms with Gasteiger partial charge >= 0.3 is 0 Å². The van der Waals surface area contributed by atoms with E-state index in [4.69, 9.17) is 4.74 Å². The summed E-state index contributed by atoms with van der Waals surface area (Å²) in [6.45, 7) is 6.48. The Morgan fingerprint density at radius 2 is 1.93 bits per heavy atom. The number of non-ortho nitro benzene ring substituents is 1. The van der Waals surface area contributed by atoms with Crippen LogP contribution < -0.4 is 10.1 Å². The number of aryl methyl sites for hydroxylation is 1. The molecule has 0 saturated heterocycles. The molecule has 1 amide bonds. The Balaban J connectivity index is 1.81. The smallest absolute Gasteiger partial charge is 0.269 e. The van der Waals surface area contributed by atoms with Gasteiger partial charge in [-0.05, 0) is 43.2 Å². The molecule has 0 aliphatic heterocycles. The SMILES string of the molecule is Cc1cc(NC(=O)c2cccc(OCC(C)C)c2)n(-c2ccc([N+](=O)[O-])cc2)n1. The van der Waals surface area contributed by atoms with Crippen LogP contribution in [0.15, 0.2) is 54.6 Å². The van der Waals surface area contributed by atoms with E-state index < -0.39 is 4.92 Å². The van der Waals surface area contributed by atoms with Crippen LogP contribution in [-0.4, -0.2) is 27.2 Å². The van der Waals surface area contributed by atoms with Crippen LogP contribution in [-0.2, 0) is 0 Å². The summed E-state index contributed by atoms with van der Waals surface area (Å²) < 4.78 is 7.22. The van der Waals surface area contributed by atoms with Crippen molar-refractivity contribution in [3.8, 4) is 11.4 Å². The van der Waals surface area contributed by atoms with Crippen LogP contribution in [0.1, 0.15) is 29.9 Å². The first-order chi connectivity index (χ1) is 13.8. The van der Waals surface area contributed by atoms with Gasteiger partial charge in [-0.2, -0.15) is 5.10 Å². The second-order valence-electron chi connectivity index (χ2n) is 7.04. The summed E-state index contributed by atoms with van der Waals surface area (Å²) in [4.78, 5) is 23.1. The number of anilines is 1. The highest BCUT2D eigenvalue weighted by Gasteiger charge is 2.14. The molecule has 1 aromatic heterocycles. The fraction of sp³-hybridized carbons (Fsp3) is 0.238. The van der Waals surface area contributed by atoms with E-state index in [1.54, 1.807) is 43.3 Å². The van der Waals surface area contributed by atoms with E-state index in [0.717, 1.165) is 0 Å². The Morgan fingerprint density at radius 1 is 1.21 bits per heavy atom. The topological polar surface area (TPSA) is 99.3 Å². The van der Waals surface area contributed by atoms with Crippen LogP contribution >= 0.6 is 0 Å². The number of nitro groups is 1. The molecule has 0 radical (unpaired) electrons. The number of hydrogen-bond donors (Lipinski definition) is 1. The van der Waals surface area contributed by atoms with Crippen LogP contribution in [0.2, 0.25) is 0 Å². The maximum atomic E-state index is 12.7. The van der Waals surface area contributed by atoms with Crippen LogP contribution in [0.25, 0.3) is 5.69 Å². The van der Waals surface area contributed by atoms with Crippen molar-refractivity contribution < 1.29 is 14.5 Å². The van der Waals surface area contributed by atoms with Crippen LogP contribution in [0.4, 0.5) is 11.5 Å². The Bertz CT molecular complexity index is 1030. The van der Waals surface area contributed by atoms with Gasteiger partial charge in [0, 0.05) is 23.8 Å². The van der Waals surface area contributed by atoms with Crippen molar-refractivity contribution in [2.75, 3.05) is 11.9 Å². The van der Waals surface area contributed by atoms with Gasteiger partial charge in [0.1, 0.15) is 11.6 Å². The van der Waals surface area contributed by atoms with E-state index in [9.17, 15) is 14.9 Å².